The van der Waals surface area contributed by atoms with Crippen LogP contribution in [-0.2, 0) is 4.74 Å². The van der Waals surface area contributed by atoms with Crippen LogP contribution in [0.15, 0.2) is 11.9 Å². The summed E-state index contributed by atoms with van der Waals surface area (Å²) >= 11 is 0. The molecule has 6 nitrogen and oxygen atoms in total. The Bertz CT molecular complexity index is 222. The van der Waals surface area contributed by atoms with E-state index in [9.17, 15) is 10.1 Å². The second kappa shape index (κ2) is 3.82. The second-order valence-corrected chi connectivity index (χ2v) is 2.37. The standard InChI is InChI=1S/C6H9N3O3/c7-1-6(9(10)11)2-8-5-3-12-4-5/h1-2,5,7-8H,3-4H2/b6-2+,7-1?. The zero-order chi connectivity index (χ0) is 8.97. The quantitative estimate of drug-likeness (QED) is 0.346. The molecule has 0 saturated carbocycles. The molecule has 1 aliphatic heterocycles. The van der Waals surface area contributed by atoms with Crippen molar-refractivity contribution in [2.24, 2.45) is 0 Å². The van der Waals surface area contributed by atoms with Crippen molar-refractivity contribution in [1.29, 1.82) is 5.41 Å². The number of nitrogens with one attached hydrogen (secondary N) is 2. The highest BCUT2D eigenvalue weighted by Crippen LogP contribution is 1.99. The fourth-order valence-corrected chi connectivity index (χ4v) is 0.682. The van der Waals surface area contributed by atoms with Crippen LogP contribution >= 0.6 is 0 Å². The Morgan fingerprint density at radius 3 is 2.75 bits per heavy atom. The van der Waals surface area contributed by atoms with Crippen LogP contribution in [0.2, 0.25) is 0 Å². The lowest BCUT2D eigenvalue weighted by Gasteiger charge is -2.25. The molecule has 0 atom stereocenters. The van der Waals surface area contributed by atoms with Crippen molar-refractivity contribution in [1.82, 2.24) is 5.32 Å². The molecule has 1 heterocycles. The van der Waals surface area contributed by atoms with E-state index in [0.717, 1.165) is 0 Å². The number of ether oxygens (including phenoxy) is 1. The first-order valence-electron chi connectivity index (χ1n) is 3.43. The minimum absolute atomic E-state index is 0.153. The number of hydrogen-bond donors (Lipinski definition) is 2. The van der Waals surface area contributed by atoms with E-state index >= 15 is 0 Å². The molecular weight excluding hydrogens is 162 g/mol. The predicted octanol–water partition coefficient (Wildman–Crippen LogP) is -0.258. The van der Waals surface area contributed by atoms with Gasteiger partial charge in [-0.2, -0.15) is 0 Å². The number of hydrogen-bond acceptors (Lipinski definition) is 5. The topological polar surface area (TPSA) is 88.2 Å². The third-order valence-corrected chi connectivity index (χ3v) is 1.46. The van der Waals surface area contributed by atoms with E-state index in [-0.39, 0.29) is 11.7 Å². The molecule has 1 aliphatic rings. The van der Waals surface area contributed by atoms with E-state index in [1.807, 2.05) is 0 Å². The lowest BCUT2D eigenvalue weighted by Crippen LogP contribution is -2.43. The summed E-state index contributed by atoms with van der Waals surface area (Å²) in [5, 5.41) is 19.6. The van der Waals surface area contributed by atoms with Crippen LogP contribution in [0, 0.1) is 15.5 Å². The molecule has 0 aromatic carbocycles. The van der Waals surface area contributed by atoms with Crippen LogP contribution in [0.3, 0.4) is 0 Å². The smallest absolute Gasteiger partial charge is 0.302 e. The monoisotopic (exact) mass is 171 g/mol. The van der Waals surface area contributed by atoms with Crippen molar-refractivity contribution in [3.05, 3.63) is 22.0 Å². The fraction of sp³-hybridized carbons (Fsp3) is 0.500. The van der Waals surface area contributed by atoms with Crippen LogP contribution in [0.1, 0.15) is 0 Å². The number of nitro groups is 1. The van der Waals surface area contributed by atoms with Crippen molar-refractivity contribution in [3.8, 4) is 0 Å². The Hall–Kier alpha value is -1.43. The molecule has 0 aliphatic carbocycles. The van der Waals surface area contributed by atoms with Crippen LogP contribution in [0.25, 0.3) is 0 Å². The Labute approximate surface area is 68.9 Å². The average molecular weight is 171 g/mol. The predicted molar refractivity (Wildman–Crippen MR) is 41.6 cm³/mol. The van der Waals surface area contributed by atoms with Gasteiger partial charge in [-0.05, 0) is 0 Å². The van der Waals surface area contributed by atoms with Gasteiger partial charge in [0.15, 0.2) is 0 Å². The van der Waals surface area contributed by atoms with Gasteiger partial charge in [-0.15, -0.1) is 0 Å². The first-order valence-corrected chi connectivity index (χ1v) is 3.43. The molecule has 0 aromatic rings. The van der Waals surface area contributed by atoms with E-state index in [0.29, 0.717) is 19.4 Å². The molecule has 1 fully saturated rings. The zero-order valence-electron chi connectivity index (χ0n) is 6.32. The van der Waals surface area contributed by atoms with Gasteiger partial charge in [-0.3, -0.25) is 10.1 Å². The summed E-state index contributed by atoms with van der Waals surface area (Å²) in [6, 6.07) is 0.153. The minimum atomic E-state index is -0.612. The summed E-state index contributed by atoms with van der Waals surface area (Å²) in [5.74, 6) is 0. The van der Waals surface area contributed by atoms with Crippen molar-refractivity contribution in [2.75, 3.05) is 13.2 Å². The maximum absolute atomic E-state index is 10.2. The summed E-state index contributed by atoms with van der Waals surface area (Å²) in [6.45, 7) is 1.14. The van der Waals surface area contributed by atoms with Gasteiger partial charge >= 0.3 is 5.70 Å². The number of nitrogens with zero attached hydrogens (tertiary/aromatic N) is 1. The Balaban J connectivity index is 2.40. The van der Waals surface area contributed by atoms with E-state index in [1.165, 1.54) is 6.20 Å². The Morgan fingerprint density at radius 2 is 2.42 bits per heavy atom. The Kier molecular flexibility index (Phi) is 2.76. The van der Waals surface area contributed by atoms with Crippen LogP contribution in [0.4, 0.5) is 0 Å². The molecule has 0 amide bonds. The third kappa shape index (κ3) is 2.03. The van der Waals surface area contributed by atoms with E-state index in [2.05, 4.69) is 5.32 Å². The van der Waals surface area contributed by atoms with Gasteiger partial charge in [-0.1, -0.05) is 0 Å². The van der Waals surface area contributed by atoms with Crippen LogP contribution in [0.5, 0.6) is 0 Å². The molecule has 0 spiro atoms. The third-order valence-electron chi connectivity index (χ3n) is 1.46. The maximum Gasteiger partial charge on any atom is 0.302 e. The molecule has 12 heavy (non-hydrogen) atoms. The highest BCUT2D eigenvalue weighted by molar-refractivity contribution is 5.71. The summed E-state index contributed by atoms with van der Waals surface area (Å²) in [7, 11) is 0. The zero-order valence-corrected chi connectivity index (χ0v) is 6.32. The van der Waals surface area contributed by atoms with E-state index < -0.39 is 4.92 Å². The molecule has 6 heteroatoms. The summed E-state index contributed by atoms with van der Waals surface area (Å²) in [5.41, 5.74) is -0.248. The number of rotatable bonds is 4. The maximum atomic E-state index is 10.2. The van der Waals surface area contributed by atoms with Crippen LogP contribution < -0.4 is 5.32 Å². The van der Waals surface area contributed by atoms with Crippen molar-refractivity contribution < 1.29 is 9.66 Å². The van der Waals surface area contributed by atoms with Crippen molar-refractivity contribution >= 4 is 6.21 Å². The van der Waals surface area contributed by atoms with Gasteiger partial charge < -0.3 is 15.5 Å². The molecule has 66 valence electrons. The SMILES string of the molecule is N=C/C(=C\NC1COC1)[N+](=O)[O-]. The average Bonchev–Trinajstić information content (AvgIpc) is 1.93. The highest BCUT2D eigenvalue weighted by Gasteiger charge is 2.17. The Morgan fingerprint density at radius 1 is 1.75 bits per heavy atom. The first-order chi connectivity index (χ1) is 5.74. The number of allylic oxidation sites excluding steroid dienone is 1. The van der Waals surface area contributed by atoms with Crippen molar-refractivity contribution in [2.45, 2.75) is 6.04 Å². The normalized spacial score (nSPS) is 18.2. The van der Waals surface area contributed by atoms with Gasteiger partial charge in [0.05, 0.1) is 36.6 Å². The molecule has 0 unspecified atom stereocenters. The summed E-state index contributed by atoms with van der Waals surface area (Å²) in [6.07, 6.45) is 1.92. The van der Waals surface area contributed by atoms with Crippen LogP contribution in [-0.4, -0.2) is 30.4 Å². The lowest BCUT2D eigenvalue weighted by atomic mass is 10.3. The molecule has 0 bridgehead atoms. The molecule has 0 radical (unpaired) electrons. The summed E-state index contributed by atoms with van der Waals surface area (Å²) < 4.78 is 4.84. The van der Waals surface area contributed by atoms with Gasteiger partial charge in [-0.25, -0.2) is 0 Å². The van der Waals surface area contributed by atoms with Gasteiger partial charge in [0.2, 0.25) is 0 Å². The molecule has 1 rings (SSSR count). The minimum Gasteiger partial charge on any atom is -0.378 e. The van der Waals surface area contributed by atoms with E-state index in [1.54, 1.807) is 0 Å². The fourth-order valence-electron chi connectivity index (χ4n) is 0.682. The molecule has 1 saturated heterocycles. The highest BCUT2D eigenvalue weighted by atomic mass is 16.6. The van der Waals surface area contributed by atoms with Gasteiger partial charge in [0.25, 0.3) is 0 Å². The first kappa shape index (κ1) is 8.66. The molecule has 0 aromatic heterocycles. The van der Waals surface area contributed by atoms with Gasteiger partial charge in [0, 0.05) is 0 Å². The summed E-state index contributed by atoms with van der Waals surface area (Å²) in [4.78, 5) is 9.55. The van der Waals surface area contributed by atoms with Crippen molar-refractivity contribution in [3.63, 3.8) is 0 Å². The van der Waals surface area contributed by atoms with Gasteiger partial charge in [0.1, 0.15) is 0 Å². The van der Waals surface area contributed by atoms with E-state index in [4.69, 9.17) is 10.1 Å². The molecular formula is C6H9N3O3. The molecule has 2 N–H and O–H groups in total. The lowest BCUT2D eigenvalue weighted by molar-refractivity contribution is -0.414. The second-order valence-electron chi connectivity index (χ2n) is 2.37. The largest absolute Gasteiger partial charge is 0.378 e.